The number of alkyl carbamates (subject to hydrolysis) is 1. The largest absolute Gasteiger partial charge is 0.462 e. The van der Waals surface area contributed by atoms with Crippen LogP contribution in [0.25, 0.3) is 17.2 Å². The van der Waals surface area contributed by atoms with Crippen LogP contribution >= 0.6 is 0 Å². The first kappa shape index (κ1) is 24.5. The smallest absolute Gasteiger partial charge is 0.407 e. The Morgan fingerprint density at radius 1 is 1.22 bits per heavy atom. The van der Waals surface area contributed by atoms with Gasteiger partial charge in [0.1, 0.15) is 11.9 Å². The Hall–Kier alpha value is -3.22. The number of amides is 1. The molecule has 2 aromatic rings. The predicted octanol–water partition coefficient (Wildman–Crippen LogP) is 5.63. The molecule has 36 heavy (non-hydrogen) atoms. The van der Waals surface area contributed by atoms with Crippen LogP contribution in [0.1, 0.15) is 45.2 Å². The highest BCUT2D eigenvalue weighted by Crippen LogP contribution is 2.53. The third-order valence-corrected chi connectivity index (χ3v) is 8.18. The average Bonchev–Trinajstić information content (AvgIpc) is 3.15. The van der Waals surface area contributed by atoms with Crippen LogP contribution in [0.5, 0.6) is 0 Å². The molecule has 0 unspecified atom stereocenters. The SMILES string of the molecule is CCOC(=O)N[C@@H]1CC[C@@H]2[C@@H](C1)C[C@H]1C(=O)O[C@@H](C)[C@@H]1[C@@H]2C=Cc1ccc(-c2cccc(F)c2)cn1. The number of rotatable bonds is 5. The van der Waals surface area contributed by atoms with Crippen molar-refractivity contribution in [2.24, 2.45) is 29.6 Å². The molecular formula is C29H33FN2O4. The monoisotopic (exact) mass is 492 g/mol. The zero-order valence-electron chi connectivity index (χ0n) is 20.7. The minimum atomic E-state index is -0.368. The van der Waals surface area contributed by atoms with Gasteiger partial charge >= 0.3 is 12.1 Å². The van der Waals surface area contributed by atoms with Crippen molar-refractivity contribution in [3.63, 3.8) is 0 Å². The Kier molecular flexibility index (Phi) is 7.08. The molecule has 7 heteroatoms. The van der Waals surface area contributed by atoms with Crippen molar-refractivity contribution in [3.05, 3.63) is 60.2 Å². The maximum absolute atomic E-state index is 13.6. The van der Waals surface area contributed by atoms with E-state index in [1.54, 1.807) is 19.2 Å². The van der Waals surface area contributed by atoms with Crippen molar-refractivity contribution in [2.45, 2.75) is 51.7 Å². The number of hydrogen-bond acceptors (Lipinski definition) is 5. The van der Waals surface area contributed by atoms with E-state index >= 15 is 0 Å². The molecule has 2 saturated carbocycles. The molecule has 5 rings (SSSR count). The van der Waals surface area contributed by atoms with Crippen LogP contribution in [0, 0.1) is 35.4 Å². The second-order valence-corrected chi connectivity index (χ2v) is 10.3. The molecule has 3 fully saturated rings. The number of allylic oxidation sites excluding steroid dienone is 1. The number of esters is 1. The van der Waals surface area contributed by atoms with Crippen molar-refractivity contribution in [3.8, 4) is 11.1 Å². The van der Waals surface area contributed by atoms with Crippen LogP contribution in [0.15, 0.2) is 48.7 Å². The van der Waals surface area contributed by atoms with E-state index in [2.05, 4.69) is 16.4 Å². The molecule has 3 aliphatic rings. The van der Waals surface area contributed by atoms with Gasteiger partial charge in [0.15, 0.2) is 0 Å². The fourth-order valence-corrected chi connectivity index (χ4v) is 6.64. The number of carbonyl (C=O) groups excluding carboxylic acids is 2. The van der Waals surface area contributed by atoms with Gasteiger partial charge in [0, 0.05) is 23.7 Å². The van der Waals surface area contributed by atoms with Crippen molar-refractivity contribution in [1.29, 1.82) is 0 Å². The quantitative estimate of drug-likeness (QED) is 0.548. The van der Waals surface area contributed by atoms with Crippen LogP contribution < -0.4 is 5.32 Å². The number of nitrogens with zero attached hydrogens (tertiary/aromatic N) is 1. The number of pyridine rings is 1. The Labute approximate surface area is 211 Å². The first-order valence-corrected chi connectivity index (χ1v) is 13.0. The van der Waals surface area contributed by atoms with E-state index in [-0.39, 0.29) is 47.8 Å². The number of aromatic nitrogens is 1. The fraction of sp³-hybridized carbons (Fsp3) is 0.483. The first-order valence-electron chi connectivity index (χ1n) is 13.0. The Morgan fingerprint density at radius 3 is 2.83 bits per heavy atom. The molecule has 7 atom stereocenters. The van der Waals surface area contributed by atoms with Crippen LogP contribution in [-0.4, -0.2) is 35.8 Å². The van der Waals surface area contributed by atoms with E-state index in [0.29, 0.717) is 18.4 Å². The second kappa shape index (κ2) is 10.4. The molecule has 2 heterocycles. The molecule has 6 nitrogen and oxygen atoms in total. The summed E-state index contributed by atoms with van der Waals surface area (Å²) < 4.78 is 24.3. The number of halogens is 1. The summed E-state index contributed by atoms with van der Waals surface area (Å²) in [6, 6.07) is 10.4. The first-order chi connectivity index (χ1) is 17.4. The molecule has 0 spiro atoms. The maximum Gasteiger partial charge on any atom is 0.407 e. The topological polar surface area (TPSA) is 77.5 Å². The lowest BCUT2D eigenvalue weighted by Gasteiger charge is -2.47. The van der Waals surface area contributed by atoms with E-state index in [9.17, 15) is 14.0 Å². The van der Waals surface area contributed by atoms with Gasteiger partial charge in [-0.15, -0.1) is 0 Å². The van der Waals surface area contributed by atoms with Gasteiger partial charge in [-0.2, -0.15) is 0 Å². The van der Waals surface area contributed by atoms with E-state index in [1.165, 1.54) is 12.1 Å². The lowest BCUT2D eigenvalue weighted by atomic mass is 9.57. The predicted molar refractivity (Wildman–Crippen MR) is 134 cm³/mol. The zero-order valence-corrected chi connectivity index (χ0v) is 20.7. The molecule has 1 N–H and O–H groups in total. The highest BCUT2D eigenvalue weighted by molar-refractivity contribution is 5.75. The molecule has 1 aromatic carbocycles. The highest BCUT2D eigenvalue weighted by Gasteiger charge is 2.54. The van der Waals surface area contributed by atoms with Crippen LogP contribution in [0.2, 0.25) is 0 Å². The fourth-order valence-electron chi connectivity index (χ4n) is 6.64. The Bertz CT molecular complexity index is 1130. The highest BCUT2D eigenvalue weighted by atomic mass is 19.1. The Morgan fingerprint density at radius 2 is 2.08 bits per heavy atom. The normalized spacial score (nSPS) is 31.4. The average molecular weight is 493 g/mol. The minimum Gasteiger partial charge on any atom is -0.462 e. The van der Waals surface area contributed by atoms with E-state index in [0.717, 1.165) is 42.5 Å². The molecule has 1 saturated heterocycles. The summed E-state index contributed by atoms with van der Waals surface area (Å²) in [5.74, 6) is 0.629. The summed E-state index contributed by atoms with van der Waals surface area (Å²) in [5, 5.41) is 3.00. The third-order valence-electron chi connectivity index (χ3n) is 8.18. The van der Waals surface area contributed by atoms with Crippen molar-refractivity contribution in [2.75, 3.05) is 6.61 Å². The second-order valence-electron chi connectivity index (χ2n) is 10.3. The van der Waals surface area contributed by atoms with Gasteiger partial charge in [0.2, 0.25) is 0 Å². The van der Waals surface area contributed by atoms with E-state index in [1.807, 2.05) is 31.2 Å². The van der Waals surface area contributed by atoms with Gasteiger partial charge in [-0.1, -0.05) is 24.3 Å². The van der Waals surface area contributed by atoms with Crippen molar-refractivity contribution in [1.82, 2.24) is 10.3 Å². The molecular weight excluding hydrogens is 459 g/mol. The van der Waals surface area contributed by atoms with Gasteiger partial charge < -0.3 is 14.8 Å². The van der Waals surface area contributed by atoms with Gasteiger partial charge in [0.25, 0.3) is 0 Å². The maximum atomic E-state index is 13.6. The number of cyclic esters (lactones) is 1. The summed E-state index contributed by atoms with van der Waals surface area (Å²) in [6.07, 6.45) is 9.07. The van der Waals surface area contributed by atoms with Gasteiger partial charge in [0.05, 0.1) is 18.2 Å². The molecule has 0 radical (unpaired) electrons. The molecule has 2 aliphatic carbocycles. The molecule has 1 amide bonds. The lowest BCUT2D eigenvalue weighted by Crippen LogP contribution is -2.48. The number of carbonyl (C=O) groups is 2. The molecule has 0 bridgehead atoms. The summed E-state index contributed by atoms with van der Waals surface area (Å²) in [5.41, 5.74) is 2.48. The zero-order chi connectivity index (χ0) is 25.2. The molecule has 1 aliphatic heterocycles. The minimum absolute atomic E-state index is 0.0679. The van der Waals surface area contributed by atoms with Crippen LogP contribution in [-0.2, 0) is 14.3 Å². The number of benzene rings is 1. The van der Waals surface area contributed by atoms with E-state index in [4.69, 9.17) is 9.47 Å². The third kappa shape index (κ3) is 5.01. The summed E-state index contributed by atoms with van der Waals surface area (Å²) in [7, 11) is 0. The van der Waals surface area contributed by atoms with Crippen LogP contribution in [0.3, 0.4) is 0 Å². The Balaban J connectivity index is 1.34. The number of hydrogen-bond donors (Lipinski definition) is 1. The summed E-state index contributed by atoms with van der Waals surface area (Å²) in [4.78, 5) is 29.2. The standard InChI is InChI=1S/C29H33FN2O4/c1-3-35-29(34)32-23-10-11-24-20(14-23)15-26-27(17(2)36-28(26)33)25(24)12-9-22-8-7-19(16-31-22)18-5-4-6-21(30)13-18/h4-9,12-13,16-17,20,23-27H,3,10-11,14-15H2,1-2H3,(H,32,34)/t17-,20-,23+,24+,25+,26+,27+/m0/s1. The molecule has 190 valence electrons. The van der Waals surface area contributed by atoms with Crippen molar-refractivity contribution >= 4 is 18.1 Å². The van der Waals surface area contributed by atoms with Crippen molar-refractivity contribution < 1.29 is 23.5 Å². The van der Waals surface area contributed by atoms with Gasteiger partial charge in [-0.05, 0) is 87.1 Å². The summed E-state index contributed by atoms with van der Waals surface area (Å²) in [6.45, 7) is 4.15. The van der Waals surface area contributed by atoms with Gasteiger partial charge in [-0.25, -0.2) is 9.18 Å². The lowest BCUT2D eigenvalue weighted by molar-refractivity contribution is -0.144. The summed E-state index contributed by atoms with van der Waals surface area (Å²) >= 11 is 0. The van der Waals surface area contributed by atoms with Gasteiger partial charge in [-0.3, -0.25) is 9.78 Å². The van der Waals surface area contributed by atoms with E-state index < -0.39 is 0 Å². The molecule has 1 aromatic heterocycles. The van der Waals surface area contributed by atoms with Crippen LogP contribution in [0.4, 0.5) is 9.18 Å². The number of nitrogens with one attached hydrogen (secondary N) is 1. The number of ether oxygens (including phenoxy) is 2. The number of fused-ring (bicyclic) bond motifs is 2.